The maximum Gasteiger partial charge on any atom is 0.221 e. The van der Waals surface area contributed by atoms with E-state index in [0.717, 1.165) is 24.2 Å². The number of hydrogen-bond donors (Lipinski definition) is 2. The molecule has 1 amide bonds. The van der Waals surface area contributed by atoms with Gasteiger partial charge in [0.2, 0.25) is 5.91 Å². The minimum atomic E-state index is -0.0403. The van der Waals surface area contributed by atoms with E-state index >= 15 is 0 Å². The average Bonchev–Trinajstić information content (AvgIpc) is 2.61. The Morgan fingerprint density at radius 1 is 1.37 bits per heavy atom. The third kappa shape index (κ3) is 3.15. The van der Waals surface area contributed by atoms with Crippen LogP contribution in [0, 0.1) is 6.92 Å². The molecule has 0 saturated carbocycles. The average molecular weight is 259 g/mol. The number of hydrogen-bond acceptors (Lipinski definition) is 2. The largest absolute Gasteiger partial charge is 0.358 e. The van der Waals surface area contributed by atoms with Crippen molar-refractivity contribution in [1.29, 1.82) is 0 Å². The molecule has 4 nitrogen and oxygen atoms in total. The summed E-state index contributed by atoms with van der Waals surface area (Å²) in [5.41, 5.74) is 4.51. The predicted molar refractivity (Wildman–Crippen MR) is 79.6 cm³/mol. The van der Waals surface area contributed by atoms with Crippen molar-refractivity contribution in [3.63, 3.8) is 0 Å². The van der Waals surface area contributed by atoms with Gasteiger partial charge in [0.05, 0.1) is 0 Å². The molecule has 0 radical (unpaired) electrons. The standard InChI is InChI=1S/C15H21N3O/c1-10-13(7-8-18(3)4)14-9-12(17-11(2)19)5-6-15(14)16-10/h5-6,9,16H,7-8H2,1-4H3,(H,17,19). The Morgan fingerprint density at radius 3 is 2.74 bits per heavy atom. The summed E-state index contributed by atoms with van der Waals surface area (Å²) in [6.07, 6.45) is 1.00. The van der Waals surface area contributed by atoms with Crippen molar-refractivity contribution in [2.24, 2.45) is 0 Å². The van der Waals surface area contributed by atoms with Crippen LogP contribution in [0.25, 0.3) is 10.9 Å². The number of nitrogens with one attached hydrogen (secondary N) is 2. The minimum Gasteiger partial charge on any atom is -0.358 e. The quantitative estimate of drug-likeness (QED) is 0.886. The molecule has 4 heteroatoms. The number of nitrogens with zero attached hydrogens (tertiary/aromatic N) is 1. The summed E-state index contributed by atoms with van der Waals surface area (Å²) in [4.78, 5) is 16.7. The molecule has 1 aromatic heterocycles. The van der Waals surface area contributed by atoms with Crippen molar-refractivity contribution >= 4 is 22.5 Å². The Morgan fingerprint density at radius 2 is 2.11 bits per heavy atom. The van der Waals surface area contributed by atoms with Crippen LogP contribution in [-0.4, -0.2) is 36.4 Å². The molecule has 0 fully saturated rings. The number of carbonyl (C=O) groups excluding carboxylic acids is 1. The van der Waals surface area contributed by atoms with Crippen molar-refractivity contribution in [2.75, 3.05) is 26.0 Å². The van der Waals surface area contributed by atoms with Gasteiger partial charge in [-0.15, -0.1) is 0 Å². The first-order chi connectivity index (χ1) is 8.97. The van der Waals surface area contributed by atoms with Gasteiger partial charge in [0, 0.05) is 35.8 Å². The molecule has 0 spiro atoms. The molecular formula is C15H21N3O. The molecule has 19 heavy (non-hydrogen) atoms. The molecule has 0 aliphatic rings. The summed E-state index contributed by atoms with van der Waals surface area (Å²) < 4.78 is 0. The first-order valence-corrected chi connectivity index (χ1v) is 6.51. The lowest BCUT2D eigenvalue weighted by molar-refractivity contribution is -0.114. The zero-order valence-electron chi connectivity index (χ0n) is 12.0. The third-order valence-corrected chi connectivity index (χ3v) is 3.25. The number of carbonyl (C=O) groups is 1. The molecule has 2 aromatic rings. The summed E-state index contributed by atoms with van der Waals surface area (Å²) in [6, 6.07) is 5.99. The van der Waals surface area contributed by atoms with Crippen molar-refractivity contribution in [3.05, 3.63) is 29.5 Å². The summed E-state index contributed by atoms with van der Waals surface area (Å²) in [6.45, 7) is 4.64. The lowest BCUT2D eigenvalue weighted by Gasteiger charge is -2.09. The lowest BCUT2D eigenvalue weighted by Crippen LogP contribution is -2.15. The van der Waals surface area contributed by atoms with Gasteiger partial charge >= 0.3 is 0 Å². The van der Waals surface area contributed by atoms with Gasteiger partial charge in [-0.25, -0.2) is 0 Å². The lowest BCUT2D eigenvalue weighted by atomic mass is 10.1. The van der Waals surface area contributed by atoms with Gasteiger partial charge in [-0.3, -0.25) is 4.79 Å². The molecular weight excluding hydrogens is 238 g/mol. The van der Waals surface area contributed by atoms with Gasteiger partial charge in [0.15, 0.2) is 0 Å². The SMILES string of the molecule is CC(=O)Nc1ccc2[nH]c(C)c(CCN(C)C)c2c1. The maximum absolute atomic E-state index is 11.1. The highest BCUT2D eigenvalue weighted by Crippen LogP contribution is 2.25. The maximum atomic E-state index is 11.1. The van der Waals surface area contributed by atoms with Crippen LogP contribution in [0.5, 0.6) is 0 Å². The fraction of sp³-hybridized carbons (Fsp3) is 0.400. The normalized spacial score (nSPS) is 11.2. The van der Waals surface area contributed by atoms with Crippen LogP contribution in [0.2, 0.25) is 0 Å². The number of rotatable bonds is 4. The Balaban J connectivity index is 2.38. The molecule has 2 rings (SSSR count). The van der Waals surface area contributed by atoms with Crippen LogP contribution in [-0.2, 0) is 11.2 Å². The summed E-state index contributed by atoms with van der Waals surface area (Å²) in [5, 5.41) is 4.03. The molecule has 1 aromatic carbocycles. The molecule has 102 valence electrons. The van der Waals surface area contributed by atoms with E-state index in [2.05, 4.69) is 36.2 Å². The number of amides is 1. The van der Waals surface area contributed by atoms with E-state index in [4.69, 9.17) is 0 Å². The van der Waals surface area contributed by atoms with E-state index in [1.165, 1.54) is 23.6 Å². The predicted octanol–water partition coefficient (Wildman–Crippen LogP) is 2.54. The molecule has 0 saturated heterocycles. The van der Waals surface area contributed by atoms with Crippen molar-refractivity contribution in [3.8, 4) is 0 Å². The second kappa shape index (κ2) is 5.45. The monoisotopic (exact) mass is 259 g/mol. The van der Waals surface area contributed by atoms with Crippen LogP contribution >= 0.6 is 0 Å². The van der Waals surface area contributed by atoms with Gasteiger partial charge in [0.1, 0.15) is 0 Å². The fourth-order valence-corrected chi connectivity index (χ4v) is 2.32. The van der Waals surface area contributed by atoms with Crippen LogP contribution in [0.15, 0.2) is 18.2 Å². The smallest absolute Gasteiger partial charge is 0.221 e. The number of likely N-dealkylation sites (N-methyl/N-ethyl adjacent to an activating group) is 1. The number of H-pyrrole nitrogens is 1. The Bertz CT molecular complexity index is 599. The van der Waals surface area contributed by atoms with E-state index in [1.807, 2.05) is 18.2 Å². The Labute approximate surface area is 113 Å². The topological polar surface area (TPSA) is 48.1 Å². The van der Waals surface area contributed by atoms with E-state index in [-0.39, 0.29) is 5.91 Å². The molecule has 2 N–H and O–H groups in total. The Hall–Kier alpha value is -1.81. The number of aromatic nitrogens is 1. The van der Waals surface area contributed by atoms with E-state index in [0.29, 0.717) is 0 Å². The second-order valence-electron chi connectivity index (χ2n) is 5.22. The van der Waals surface area contributed by atoms with Gasteiger partial charge < -0.3 is 15.2 Å². The number of aromatic amines is 1. The van der Waals surface area contributed by atoms with E-state index < -0.39 is 0 Å². The first kappa shape index (κ1) is 13.6. The zero-order valence-corrected chi connectivity index (χ0v) is 12.0. The van der Waals surface area contributed by atoms with Crippen molar-refractivity contribution < 1.29 is 4.79 Å². The summed E-state index contributed by atoms with van der Waals surface area (Å²) >= 11 is 0. The highest BCUT2D eigenvalue weighted by atomic mass is 16.1. The number of anilines is 1. The third-order valence-electron chi connectivity index (χ3n) is 3.25. The highest BCUT2D eigenvalue weighted by Gasteiger charge is 2.09. The van der Waals surface area contributed by atoms with Crippen LogP contribution in [0.4, 0.5) is 5.69 Å². The van der Waals surface area contributed by atoms with Gasteiger partial charge in [-0.2, -0.15) is 0 Å². The van der Waals surface area contributed by atoms with Crippen LogP contribution in [0.1, 0.15) is 18.2 Å². The van der Waals surface area contributed by atoms with Crippen molar-refractivity contribution in [2.45, 2.75) is 20.3 Å². The molecule has 0 bridgehead atoms. The van der Waals surface area contributed by atoms with E-state index in [1.54, 1.807) is 0 Å². The summed E-state index contributed by atoms with van der Waals surface area (Å²) in [7, 11) is 4.15. The molecule has 0 unspecified atom stereocenters. The number of fused-ring (bicyclic) bond motifs is 1. The molecule has 0 aliphatic heterocycles. The molecule has 1 heterocycles. The van der Waals surface area contributed by atoms with Gasteiger partial charge in [-0.05, 0) is 51.2 Å². The Kier molecular flexibility index (Phi) is 3.90. The fourth-order valence-electron chi connectivity index (χ4n) is 2.32. The first-order valence-electron chi connectivity index (χ1n) is 6.51. The van der Waals surface area contributed by atoms with Gasteiger partial charge in [0.25, 0.3) is 0 Å². The summed E-state index contributed by atoms with van der Waals surface area (Å²) in [5.74, 6) is -0.0403. The molecule has 0 atom stereocenters. The molecule has 0 aliphatic carbocycles. The second-order valence-corrected chi connectivity index (χ2v) is 5.22. The van der Waals surface area contributed by atoms with Gasteiger partial charge in [-0.1, -0.05) is 0 Å². The van der Waals surface area contributed by atoms with E-state index in [9.17, 15) is 4.79 Å². The van der Waals surface area contributed by atoms with Crippen LogP contribution < -0.4 is 5.32 Å². The number of aryl methyl sites for hydroxylation is 1. The highest BCUT2D eigenvalue weighted by molar-refractivity contribution is 5.93. The number of benzene rings is 1. The van der Waals surface area contributed by atoms with Crippen molar-refractivity contribution in [1.82, 2.24) is 9.88 Å². The van der Waals surface area contributed by atoms with Crippen LogP contribution in [0.3, 0.4) is 0 Å². The zero-order chi connectivity index (χ0) is 14.0. The minimum absolute atomic E-state index is 0.0403.